The third kappa shape index (κ3) is 35.5. The molecular formula is C4H8Cl4O3. The maximum atomic E-state index is 8.17. The SMILES string of the molecule is ClC(Cl)(Cl)Cl.OCC(O)CO. The van der Waals surface area contributed by atoms with Gasteiger partial charge in [0.15, 0.2) is 0 Å². The lowest BCUT2D eigenvalue weighted by atomic mass is 10.4. The maximum absolute atomic E-state index is 8.17. The summed E-state index contributed by atoms with van der Waals surface area (Å²) in [6.45, 7) is -0.729. The van der Waals surface area contributed by atoms with Crippen LogP contribution in [0, 0.1) is 0 Å². The van der Waals surface area contributed by atoms with Crippen LogP contribution in [0.4, 0.5) is 0 Å². The predicted octanol–water partition coefficient (Wildman–Crippen LogP) is 0.885. The van der Waals surface area contributed by atoms with E-state index in [-0.39, 0.29) is 13.2 Å². The van der Waals surface area contributed by atoms with Gasteiger partial charge in [-0.2, -0.15) is 0 Å². The first-order chi connectivity index (χ1) is 4.81. The maximum Gasteiger partial charge on any atom is 0.266 e. The van der Waals surface area contributed by atoms with Crippen LogP contribution >= 0.6 is 46.4 Å². The molecule has 0 unspecified atom stereocenters. The smallest absolute Gasteiger partial charge is 0.266 e. The van der Waals surface area contributed by atoms with Gasteiger partial charge < -0.3 is 15.3 Å². The Morgan fingerprint density at radius 1 is 1.00 bits per heavy atom. The molecule has 0 atom stereocenters. The average molecular weight is 246 g/mol. The Labute approximate surface area is 84.4 Å². The molecule has 3 nitrogen and oxygen atoms in total. The minimum atomic E-state index is -1.61. The number of aliphatic hydroxyl groups excluding tert-OH is 3. The van der Waals surface area contributed by atoms with Crippen molar-refractivity contribution in [1.82, 2.24) is 0 Å². The van der Waals surface area contributed by atoms with E-state index in [2.05, 4.69) is 0 Å². The Morgan fingerprint density at radius 2 is 1.18 bits per heavy atom. The van der Waals surface area contributed by atoms with E-state index in [1.54, 1.807) is 0 Å². The lowest BCUT2D eigenvalue weighted by molar-refractivity contribution is 0.0450. The fraction of sp³-hybridized carbons (Fsp3) is 1.00. The van der Waals surface area contributed by atoms with Crippen LogP contribution in [0.3, 0.4) is 0 Å². The van der Waals surface area contributed by atoms with Crippen molar-refractivity contribution in [2.45, 2.75) is 9.36 Å². The van der Waals surface area contributed by atoms with Gasteiger partial charge in [-0.25, -0.2) is 0 Å². The van der Waals surface area contributed by atoms with Crippen molar-refractivity contribution in [3.63, 3.8) is 0 Å². The largest absolute Gasteiger partial charge is 0.394 e. The fourth-order valence-corrected chi connectivity index (χ4v) is 0.0577. The molecule has 0 amide bonds. The number of halogens is 4. The fourth-order valence-electron chi connectivity index (χ4n) is 0.0577. The number of alkyl halides is 4. The minimum absolute atomic E-state index is 0.365. The Hall–Kier alpha value is 1.04. The molecule has 0 aromatic carbocycles. The highest BCUT2D eigenvalue weighted by Crippen LogP contribution is 2.29. The second-order valence-electron chi connectivity index (χ2n) is 1.45. The van der Waals surface area contributed by atoms with Crippen molar-refractivity contribution in [3.8, 4) is 0 Å². The van der Waals surface area contributed by atoms with Crippen LogP contribution in [0.2, 0.25) is 0 Å². The molecule has 0 saturated heterocycles. The van der Waals surface area contributed by atoms with Gasteiger partial charge in [-0.15, -0.1) is 0 Å². The van der Waals surface area contributed by atoms with Crippen molar-refractivity contribution < 1.29 is 15.3 Å². The van der Waals surface area contributed by atoms with Crippen molar-refractivity contribution in [2.24, 2.45) is 0 Å². The van der Waals surface area contributed by atoms with Crippen molar-refractivity contribution in [1.29, 1.82) is 0 Å². The molecule has 0 heterocycles. The molecule has 0 saturated carbocycles. The highest BCUT2D eigenvalue weighted by molar-refractivity contribution is 6.83. The highest BCUT2D eigenvalue weighted by Gasteiger charge is 2.11. The van der Waals surface area contributed by atoms with Gasteiger partial charge in [0.1, 0.15) is 6.10 Å². The quantitative estimate of drug-likeness (QED) is 0.634. The second-order valence-corrected chi connectivity index (χ2v) is 4.88. The first-order valence-corrected chi connectivity index (χ1v) is 3.97. The molecular weight excluding hydrogens is 238 g/mol. The summed E-state index contributed by atoms with van der Waals surface area (Å²) in [7, 11) is 0. The molecule has 0 fully saturated rings. The van der Waals surface area contributed by atoms with Gasteiger partial charge in [0.2, 0.25) is 0 Å². The molecule has 7 heteroatoms. The van der Waals surface area contributed by atoms with Crippen LogP contribution in [-0.2, 0) is 0 Å². The first-order valence-electron chi connectivity index (χ1n) is 2.46. The molecule has 11 heavy (non-hydrogen) atoms. The Morgan fingerprint density at radius 3 is 1.18 bits per heavy atom. The summed E-state index contributed by atoms with van der Waals surface area (Å²) in [5.74, 6) is 0. The Balaban J connectivity index is 0. The standard InChI is InChI=1S/C3H8O3.CCl4/c4-1-3(6)2-5;2-1(3,4)5/h3-6H,1-2H2;. The molecule has 0 aliphatic rings. The summed E-state index contributed by atoms with van der Waals surface area (Å²) in [6.07, 6.45) is -0.954. The molecule has 0 aliphatic heterocycles. The van der Waals surface area contributed by atoms with Gasteiger partial charge in [-0.05, 0) is 0 Å². The molecule has 70 valence electrons. The monoisotopic (exact) mass is 244 g/mol. The predicted molar refractivity (Wildman–Crippen MR) is 46.3 cm³/mol. The molecule has 0 rings (SSSR count). The van der Waals surface area contributed by atoms with E-state index in [1.165, 1.54) is 0 Å². The average Bonchev–Trinajstić information content (AvgIpc) is 1.83. The molecule has 3 N–H and O–H groups in total. The van der Waals surface area contributed by atoms with Crippen molar-refractivity contribution in [3.05, 3.63) is 0 Å². The molecule has 0 bridgehead atoms. The van der Waals surface area contributed by atoms with Gasteiger partial charge in [-0.1, -0.05) is 46.4 Å². The molecule has 0 aliphatic carbocycles. The number of aliphatic hydroxyl groups is 3. The van der Waals surface area contributed by atoms with Crippen LogP contribution in [0.25, 0.3) is 0 Å². The topological polar surface area (TPSA) is 60.7 Å². The Bertz CT molecular complexity index is 73.9. The number of hydrogen-bond donors (Lipinski definition) is 3. The lowest BCUT2D eigenvalue weighted by Crippen LogP contribution is -2.15. The van der Waals surface area contributed by atoms with Gasteiger partial charge in [0.05, 0.1) is 13.2 Å². The van der Waals surface area contributed by atoms with E-state index in [1.807, 2.05) is 0 Å². The highest BCUT2D eigenvalue weighted by atomic mass is 35.6. The zero-order chi connectivity index (χ0) is 9.49. The number of hydrogen-bond acceptors (Lipinski definition) is 3. The van der Waals surface area contributed by atoms with Gasteiger partial charge >= 0.3 is 0 Å². The summed E-state index contributed by atoms with van der Waals surface area (Å²) in [5.41, 5.74) is 0. The van der Waals surface area contributed by atoms with E-state index in [0.717, 1.165) is 0 Å². The molecule has 0 aromatic heterocycles. The van der Waals surface area contributed by atoms with Gasteiger partial charge in [0.25, 0.3) is 3.25 Å². The van der Waals surface area contributed by atoms with Crippen LogP contribution < -0.4 is 0 Å². The van der Waals surface area contributed by atoms with E-state index >= 15 is 0 Å². The van der Waals surface area contributed by atoms with E-state index in [0.29, 0.717) is 0 Å². The van der Waals surface area contributed by atoms with Crippen molar-refractivity contribution in [2.75, 3.05) is 13.2 Å². The van der Waals surface area contributed by atoms with E-state index < -0.39 is 9.36 Å². The zero-order valence-electron chi connectivity index (χ0n) is 5.35. The number of rotatable bonds is 2. The summed E-state index contributed by atoms with van der Waals surface area (Å²) in [5, 5.41) is 24.0. The molecule has 0 radical (unpaired) electrons. The first kappa shape index (κ1) is 14.6. The molecule has 0 spiro atoms. The zero-order valence-corrected chi connectivity index (χ0v) is 8.37. The van der Waals surface area contributed by atoms with Gasteiger partial charge in [0, 0.05) is 0 Å². The van der Waals surface area contributed by atoms with Crippen LogP contribution in [0.1, 0.15) is 0 Å². The van der Waals surface area contributed by atoms with E-state index in [9.17, 15) is 0 Å². The summed E-state index contributed by atoms with van der Waals surface area (Å²) >= 11 is 19.3. The summed E-state index contributed by atoms with van der Waals surface area (Å²) in [6, 6.07) is 0. The Kier molecular flexibility index (Phi) is 10.2. The van der Waals surface area contributed by atoms with Gasteiger partial charge in [-0.3, -0.25) is 0 Å². The summed E-state index contributed by atoms with van der Waals surface area (Å²) in [4.78, 5) is 0. The normalized spacial score (nSPS) is 10.9. The second kappa shape index (κ2) is 7.68. The van der Waals surface area contributed by atoms with Crippen LogP contribution in [-0.4, -0.2) is 37.9 Å². The third-order valence-electron chi connectivity index (χ3n) is 0.421. The van der Waals surface area contributed by atoms with Crippen LogP contribution in [0.15, 0.2) is 0 Å². The lowest BCUT2D eigenvalue weighted by Gasteiger charge is -1.96. The van der Waals surface area contributed by atoms with Crippen molar-refractivity contribution >= 4 is 46.4 Å². The molecule has 0 aromatic rings. The minimum Gasteiger partial charge on any atom is -0.394 e. The summed E-state index contributed by atoms with van der Waals surface area (Å²) < 4.78 is -1.61. The third-order valence-corrected chi connectivity index (χ3v) is 0.421. The van der Waals surface area contributed by atoms with Crippen LogP contribution in [0.5, 0.6) is 0 Å². The van der Waals surface area contributed by atoms with E-state index in [4.69, 9.17) is 61.7 Å².